The quantitative estimate of drug-likeness (QED) is 0.676. The molecule has 2 aromatic heterocycles. The monoisotopic (exact) mass is 417 g/mol. The summed E-state index contributed by atoms with van der Waals surface area (Å²) in [6.45, 7) is 2.01. The second-order valence-electron chi connectivity index (χ2n) is 6.34. The number of carbonyl (C=O) groups excluding carboxylic acids is 3. The third-order valence-electron chi connectivity index (χ3n) is 4.44. The number of nitrogens with two attached hydrogens (primary N) is 1. The molecule has 0 radical (unpaired) electrons. The van der Waals surface area contributed by atoms with Gasteiger partial charge in [0.1, 0.15) is 28.3 Å². The molecule has 0 saturated carbocycles. The molecule has 0 bridgehead atoms. The number of anilines is 1. The lowest BCUT2D eigenvalue weighted by Crippen LogP contribution is -2.26. The topological polar surface area (TPSA) is 136 Å². The van der Waals surface area contributed by atoms with Gasteiger partial charge >= 0.3 is 11.9 Å². The predicted molar refractivity (Wildman–Crippen MR) is 101 cm³/mol. The molecular formula is C19H19N3O6S. The first kappa shape index (κ1) is 20.4. The first-order valence-electron chi connectivity index (χ1n) is 8.89. The van der Waals surface area contributed by atoms with Crippen LogP contribution in [0.25, 0.3) is 0 Å². The molecule has 1 aliphatic rings. The van der Waals surface area contributed by atoms with E-state index in [-0.39, 0.29) is 59.6 Å². The molecule has 0 unspecified atom stereocenters. The zero-order valence-corrected chi connectivity index (χ0v) is 16.5. The molecule has 1 amide bonds. The molecule has 29 heavy (non-hydrogen) atoms. The summed E-state index contributed by atoms with van der Waals surface area (Å²) < 4.78 is 15.5. The molecule has 10 heteroatoms. The standard InChI is InChI=1S/C19H19N3O6S/c1-2-26-19(25)16-14(13(7-20)17(21)29-16)10-28-18(24)11-6-15(23)22(8-11)9-12-4-3-5-27-12/h3-5,11H,2,6,8-10,21H2,1H3/t11-/m0/s1. The van der Waals surface area contributed by atoms with Crippen molar-refractivity contribution < 1.29 is 28.3 Å². The van der Waals surface area contributed by atoms with Crippen molar-refractivity contribution in [2.45, 2.75) is 26.5 Å². The van der Waals surface area contributed by atoms with Gasteiger partial charge in [-0.3, -0.25) is 9.59 Å². The second-order valence-corrected chi connectivity index (χ2v) is 7.40. The van der Waals surface area contributed by atoms with Crippen molar-refractivity contribution in [3.63, 3.8) is 0 Å². The second kappa shape index (κ2) is 8.79. The zero-order valence-electron chi connectivity index (χ0n) is 15.7. The van der Waals surface area contributed by atoms with E-state index in [4.69, 9.17) is 19.6 Å². The van der Waals surface area contributed by atoms with Gasteiger partial charge in [0.25, 0.3) is 0 Å². The van der Waals surface area contributed by atoms with Gasteiger partial charge < -0.3 is 24.5 Å². The Morgan fingerprint density at radius 1 is 1.45 bits per heavy atom. The Balaban J connectivity index is 1.66. The Morgan fingerprint density at radius 3 is 2.90 bits per heavy atom. The van der Waals surface area contributed by atoms with E-state index in [0.29, 0.717) is 5.76 Å². The molecule has 0 aliphatic carbocycles. The molecule has 152 valence electrons. The lowest BCUT2D eigenvalue weighted by atomic mass is 10.1. The molecule has 1 aliphatic heterocycles. The van der Waals surface area contributed by atoms with Crippen LogP contribution in [0.4, 0.5) is 5.00 Å². The number of likely N-dealkylation sites (tertiary alicyclic amines) is 1. The van der Waals surface area contributed by atoms with E-state index >= 15 is 0 Å². The molecule has 2 aromatic rings. The average molecular weight is 417 g/mol. The van der Waals surface area contributed by atoms with E-state index in [1.54, 1.807) is 19.1 Å². The van der Waals surface area contributed by atoms with Crippen LogP contribution in [0, 0.1) is 17.2 Å². The summed E-state index contributed by atoms with van der Waals surface area (Å²) in [7, 11) is 0. The number of esters is 2. The van der Waals surface area contributed by atoms with Crippen molar-refractivity contribution in [1.82, 2.24) is 4.90 Å². The molecule has 3 rings (SSSR count). The fourth-order valence-electron chi connectivity index (χ4n) is 3.04. The van der Waals surface area contributed by atoms with Crippen molar-refractivity contribution >= 4 is 34.2 Å². The van der Waals surface area contributed by atoms with E-state index in [1.165, 1.54) is 11.2 Å². The Kier molecular flexibility index (Phi) is 6.19. The number of furan rings is 1. The largest absolute Gasteiger partial charge is 0.467 e. The van der Waals surface area contributed by atoms with Crippen LogP contribution in [0.3, 0.4) is 0 Å². The molecule has 0 spiro atoms. The summed E-state index contributed by atoms with van der Waals surface area (Å²) in [5.74, 6) is -1.39. The predicted octanol–water partition coefficient (Wildman–Crippen LogP) is 2.06. The third-order valence-corrected chi connectivity index (χ3v) is 5.48. The highest BCUT2D eigenvalue weighted by Gasteiger charge is 2.36. The van der Waals surface area contributed by atoms with Gasteiger partial charge in [0.2, 0.25) is 5.91 Å². The van der Waals surface area contributed by atoms with Crippen LogP contribution >= 0.6 is 11.3 Å². The molecule has 3 heterocycles. The van der Waals surface area contributed by atoms with Crippen LogP contribution in [0.1, 0.15) is 39.9 Å². The number of amides is 1. The summed E-state index contributed by atoms with van der Waals surface area (Å²) >= 11 is 0.917. The summed E-state index contributed by atoms with van der Waals surface area (Å²) in [5, 5.41) is 9.47. The number of carbonyl (C=O) groups is 3. The first-order chi connectivity index (χ1) is 13.9. The van der Waals surface area contributed by atoms with Gasteiger partial charge in [-0.1, -0.05) is 0 Å². The van der Waals surface area contributed by atoms with Crippen LogP contribution in [0.5, 0.6) is 0 Å². The molecule has 1 atom stereocenters. The van der Waals surface area contributed by atoms with Gasteiger partial charge in [-0.2, -0.15) is 5.26 Å². The number of hydrogen-bond acceptors (Lipinski definition) is 9. The fraction of sp³-hybridized carbons (Fsp3) is 0.368. The normalized spacial score (nSPS) is 15.9. The highest BCUT2D eigenvalue weighted by Crippen LogP contribution is 2.32. The van der Waals surface area contributed by atoms with Crippen molar-refractivity contribution in [3.8, 4) is 6.07 Å². The summed E-state index contributed by atoms with van der Waals surface area (Å²) in [6.07, 6.45) is 1.54. The van der Waals surface area contributed by atoms with Crippen molar-refractivity contribution in [2.24, 2.45) is 5.92 Å². The first-order valence-corrected chi connectivity index (χ1v) is 9.71. The van der Waals surface area contributed by atoms with E-state index in [9.17, 15) is 19.6 Å². The lowest BCUT2D eigenvalue weighted by Gasteiger charge is -2.14. The van der Waals surface area contributed by atoms with Crippen molar-refractivity contribution in [2.75, 3.05) is 18.9 Å². The maximum absolute atomic E-state index is 12.5. The van der Waals surface area contributed by atoms with Gasteiger partial charge in [-0.05, 0) is 19.1 Å². The van der Waals surface area contributed by atoms with Gasteiger partial charge in [-0.25, -0.2) is 4.79 Å². The van der Waals surface area contributed by atoms with Crippen LogP contribution in [-0.4, -0.2) is 35.9 Å². The number of thiophene rings is 1. The zero-order chi connectivity index (χ0) is 21.0. The van der Waals surface area contributed by atoms with Crippen molar-refractivity contribution in [1.29, 1.82) is 5.26 Å². The molecule has 2 N–H and O–H groups in total. The minimum absolute atomic E-state index is 0.0289. The summed E-state index contributed by atoms with van der Waals surface area (Å²) in [5.41, 5.74) is 6.11. The Bertz CT molecular complexity index is 959. The molecule has 1 saturated heterocycles. The minimum Gasteiger partial charge on any atom is -0.467 e. The number of rotatable bonds is 7. The number of nitrogen functional groups attached to an aromatic ring is 1. The number of ether oxygens (including phenoxy) is 2. The van der Waals surface area contributed by atoms with E-state index in [0.717, 1.165) is 11.3 Å². The molecule has 0 aromatic carbocycles. The maximum Gasteiger partial charge on any atom is 0.348 e. The van der Waals surface area contributed by atoms with E-state index < -0.39 is 17.9 Å². The Hall–Kier alpha value is -3.32. The van der Waals surface area contributed by atoms with E-state index in [2.05, 4.69) is 0 Å². The van der Waals surface area contributed by atoms with Crippen molar-refractivity contribution in [3.05, 3.63) is 40.2 Å². The van der Waals surface area contributed by atoms with Crippen LogP contribution < -0.4 is 5.73 Å². The van der Waals surface area contributed by atoms with E-state index in [1.807, 2.05) is 6.07 Å². The Labute approximate surface area is 170 Å². The van der Waals surface area contributed by atoms with Crippen LogP contribution in [0.15, 0.2) is 22.8 Å². The van der Waals surface area contributed by atoms with Crippen LogP contribution in [-0.2, 0) is 32.2 Å². The smallest absolute Gasteiger partial charge is 0.348 e. The number of nitrogens with zero attached hydrogens (tertiary/aromatic N) is 2. The van der Waals surface area contributed by atoms with Gasteiger partial charge in [-0.15, -0.1) is 11.3 Å². The van der Waals surface area contributed by atoms with Gasteiger partial charge in [0.05, 0.1) is 30.9 Å². The third kappa shape index (κ3) is 4.41. The lowest BCUT2D eigenvalue weighted by molar-refractivity contribution is -0.149. The maximum atomic E-state index is 12.5. The number of nitriles is 1. The summed E-state index contributed by atoms with van der Waals surface area (Å²) in [4.78, 5) is 38.4. The minimum atomic E-state index is -0.634. The number of hydrogen-bond donors (Lipinski definition) is 1. The summed E-state index contributed by atoms with van der Waals surface area (Å²) in [6, 6.07) is 5.40. The SMILES string of the molecule is CCOC(=O)c1sc(N)c(C#N)c1COC(=O)[C@H]1CC(=O)N(Cc2ccco2)C1. The Morgan fingerprint density at radius 2 is 2.24 bits per heavy atom. The van der Waals surface area contributed by atoms with Gasteiger partial charge in [0, 0.05) is 18.5 Å². The molecule has 1 fully saturated rings. The molecular weight excluding hydrogens is 398 g/mol. The van der Waals surface area contributed by atoms with Gasteiger partial charge in [0.15, 0.2) is 0 Å². The average Bonchev–Trinajstić information content (AvgIpc) is 3.40. The molecule has 9 nitrogen and oxygen atoms in total. The van der Waals surface area contributed by atoms with Crippen LogP contribution in [0.2, 0.25) is 0 Å². The highest BCUT2D eigenvalue weighted by atomic mass is 32.1. The fourth-order valence-corrected chi connectivity index (χ4v) is 3.96. The highest BCUT2D eigenvalue weighted by molar-refractivity contribution is 7.18.